The van der Waals surface area contributed by atoms with E-state index in [1.807, 2.05) is 18.2 Å². The number of hydrogen-bond donors (Lipinski definition) is 1. The van der Waals surface area contributed by atoms with Crippen molar-refractivity contribution in [2.45, 2.75) is 32.6 Å². The van der Waals surface area contributed by atoms with E-state index in [4.69, 9.17) is 22.1 Å². The lowest BCUT2D eigenvalue weighted by Crippen LogP contribution is -2.44. The maximum absolute atomic E-state index is 5.97. The summed E-state index contributed by atoms with van der Waals surface area (Å²) in [6, 6.07) is 5.70. The summed E-state index contributed by atoms with van der Waals surface area (Å²) in [4.78, 5) is 2.37. The standard InChI is InChI=1S/C13H19ClN2O/c1-9-6-16(7-10(2)17-9)8-11-3-4-12(14)5-13(11)15/h3-5,9-10H,6-8,15H2,1-2H3/t9-,10+. The summed E-state index contributed by atoms with van der Waals surface area (Å²) < 4.78 is 5.71. The molecule has 0 spiro atoms. The van der Waals surface area contributed by atoms with Gasteiger partial charge in [0.1, 0.15) is 0 Å². The van der Waals surface area contributed by atoms with Crippen molar-refractivity contribution >= 4 is 17.3 Å². The first-order chi connectivity index (χ1) is 8.04. The van der Waals surface area contributed by atoms with Gasteiger partial charge in [0.2, 0.25) is 0 Å². The Balaban J connectivity index is 2.04. The van der Waals surface area contributed by atoms with Gasteiger partial charge in [-0.15, -0.1) is 0 Å². The fraction of sp³-hybridized carbons (Fsp3) is 0.538. The number of benzene rings is 1. The van der Waals surface area contributed by atoms with E-state index in [0.717, 1.165) is 30.9 Å². The number of rotatable bonds is 2. The first-order valence-corrected chi connectivity index (χ1v) is 6.34. The maximum atomic E-state index is 5.97. The predicted molar refractivity (Wildman–Crippen MR) is 71.2 cm³/mol. The zero-order valence-corrected chi connectivity index (χ0v) is 11.1. The number of halogens is 1. The van der Waals surface area contributed by atoms with Crippen molar-refractivity contribution in [3.8, 4) is 0 Å². The number of hydrogen-bond acceptors (Lipinski definition) is 3. The summed E-state index contributed by atoms with van der Waals surface area (Å²) >= 11 is 5.89. The molecule has 0 unspecified atom stereocenters. The molecular weight excluding hydrogens is 236 g/mol. The zero-order valence-electron chi connectivity index (χ0n) is 10.3. The van der Waals surface area contributed by atoms with E-state index in [-0.39, 0.29) is 12.2 Å². The summed E-state index contributed by atoms with van der Waals surface area (Å²) in [5, 5.41) is 0.690. The molecule has 1 heterocycles. The summed E-state index contributed by atoms with van der Waals surface area (Å²) in [5.74, 6) is 0. The van der Waals surface area contributed by atoms with Crippen LogP contribution in [0.4, 0.5) is 5.69 Å². The lowest BCUT2D eigenvalue weighted by atomic mass is 10.1. The zero-order chi connectivity index (χ0) is 12.4. The average Bonchev–Trinajstić information content (AvgIpc) is 2.21. The van der Waals surface area contributed by atoms with Crippen LogP contribution in [0, 0.1) is 0 Å². The molecule has 1 aliphatic rings. The van der Waals surface area contributed by atoms with E-state index in [9.17, 15) is 0 Å². The molecule has 0 amide bonds. The van der Waals surface area contributed by atoms with Gasteiger partial charge in [-0.3, -0.25) is 4.90 Å². The van der Waals surface area contributed by atoms with Crippen molar-refractivity contribution in [3.05, 3.63) is 28.8 Å². The molecule has 2 atom stereocenters. The molecule has 4 heteroatoms. The van der Waals surface area contributed by atoms with Crippen LogP contribution in [0.1, 0.15) is 19.4 Å². The Bertz CT molecular complexity index is 387. The minimum Gasteiger partial charge on any atom is -0.398 e. The van der Waals surface area contributed by atoms with Gasteiger partial charge in [-0.1, -0.05) is 17.7 Å². The van der Waals surface area contributed by atoms with E-state index in [0.29, 0.717) is 5.02 Å². The summed E-state index contributed by atoms with van der Waals surface area (Å²) in [7, 11) is 0. The normalized spacial score (nSPS) is 26.1. The van der Waals surface area contributed by atoms with Crippen molar-refractivity contribution in [1.29, 1.82) is 0 Å². The van der Waals surface area contributed by atoms with Crippen molar-refractivity contribution in [3.63, 3.8) is 0 Å². The topological polar surface area (TPSA) is 38.5 Å². The third-order valence-electron chi connectivity index (χ3n) is 3.00. The molecule has 2 rings (SSSR count). The van der Waals surface area contributed by atoms with Gasteiger partial charge in [0, 0.05) is 30.3 Å². The minimum absolute atomic E-state index is 0.285. The highest BCUT2D eigenvalue weighted by molar-refractivity contribution is 6.30. The predicted octanol–water partition coefficient (Wildman–Crippen LogP) is 2.53. The van der Waals surface area contributed by atoms with E-state index < -0.39 is 0 Å². The van der Waals surface area contributed by atoms with Gasteiger partial charge in [-0.05, 0) is 31.5 Å². The lowest BCUT2D eigenvalue weighted by Gasteiger charge is -2.35. The Labute approximate surface area is 107 Å². The number of ether oxygens (including phenoxy) is 1. The highest BCUT2D eigenvalue weighted by Gasteiger charge is 2.22. The fourth-order valence-electron chi connectivity index (χ4n) is 2.36. The Morgan fingerprint density at radius 2 is 2.00 bits per heavy atom. The number of nitrogens with zero attached hydrogens (tertiary/aromatic N) is 1. The highest BCUT2D eigenvalue weighted by Crippen LogP contribution is 2.21. The van der Waals surface area contributed by atoms with E-state index >= 15 is 0 Å². The average molecular weight is 255 g/mol. The van der Waals surface area contributed by atoms with Gasteiger partial charge < -0.3 is 10.5 Å². The molecule has 1 aromatic rings. The van der Waals surface area contributed by atoms with Crippen molar-refractivity contribution in [2.24, 2.45) is 0 Å². The van der Waals surface area contributed by atoms with Gasteiger partial charge in [-0.2, -0.15) is 0 Å². The van der Waals surface area contributed by atoms with Crippen LogP contribution in [-0.4, -0.2) is 30.2 Å². The van der Waals surface area contributed by atoms with Crippen LogP contribution in [-0.2, 0) is 11.3 Å². The maximum Gasteiger partial charge on any atom is 0.0678 e. The van der Waals surface area contributed by atoms with E-state index in [1.165, 1.54) is 0 Å². The molecule has 0 saturated carbocycles. The SMILES string of the molecule is C[C@@H]1CN(Cc2ccc(Cl)cc2N)C[C@H](C)O1. The molecule has 3 nitrogen and oxygen atoms in total. The number of morpholine rings is 1. The molecular formula is C13H19ClN2O. The number of nitrogens with two attached hydrogens (primary N) is 1. The smallest absolute Gasteiger partial charge is 0.0678 e. The second-order valence-electron chi connectivity index (χ2n) is 4.79. The van der Waals surface area contributed by atoms with Crippen molar-refractivity contribution in [1.82, 2.24) is 4.90 Å². The van der Waals surface area contributed by atoms with E-state index in [2.05, 4.69) is 18.7 Å². The summed E-state index contributed by atoms with van der Waals surface area (Å²) in [6.07, 6.45) is 0.569. The fourth-order valence-corrected chi connectivity index (χ4v) is 2.54. The van der Waals surface area contributed by atoms with Gasteiger partial charge in [-0.25, -0.2) is 0 Å². The van der Waals surface area contributed by atoms with Crippen LogP contribution in [0.5, 0.6) is 0 Å². The minimum atomic E-state index is 0.285. The highest BCUT2D eigenvalue weighted by atomic mass is 35.5. The van der Waals surface area contributed by atoms with Crippen LogP contribution < -0.4 is 5.73 Å². The second kappa shape index (κ2) is 5.25. The van der Waals surface area contributed by atoms with Crippen LogP contribution in [0.25, 0.3) is 0 Å². The third-order valence-corrected chi connectivity index (χ3v) is 3.23. The molecule has 2 N–H and O–H groups in total. The molecule has 1 aliphatic heterocycles. The first kappa shape index (κ1) is 12.7. The summed E-state index contributed by atoms with van der Waals surface area (Å²) in [6.45, 7) is 6.97. The molecule has 0 aromatic heterocycles. The number of nitrogen functional groups attached to an aromatic ring is 1. The Morgan fingerprint density at radius 3 is 2.59 bits per heavy atom. The molecule has 94 valence electrons. The third kappa shape index (κ3) is 3.35. The monoisotopic (exact) mass is 254 g/mol. The molecule has 1 saturated heterocycles. The quantitative estimate of drug-likeness (QED) is 0.825. The van der Waals surface area contributed by atoms with Gasteiger partial charge in [0.25, 0.3) is 0 Å². The van der Waals surface area contributed by atoms with Gasteiger partial charge >= 0.3 is 0 Å². The second-order valence-corrected chi connectivity index (χ2v) is 5.23. The molecule has 0 aliphatic carbocycles. The Hall–Kier alpha value is -0.770. The van der Waals surface area contributed by atoms with Gasteiger partial charge in [0.05, 0.1) is 12.2 Å². The summed E-state index contributed by atoms with van der Waals surface area (Å²) in [5.41, 5.74) is 7.87. The van der Waals surface area contributed by atoms with Crippen molar-refractivity contribution < 1.29 is 4.74 Å². The Kier molecular flexibility index (Phi) is 3.92. The van der Waals surface area contributed by atoms with Crippen molar-refractivity contribution in [2.75, 3.05) is 18.8 Å². The Morgan fingerprint density at radius 1 is 1.35 bits per heavy atom. The molecule has 1 fully saturated rings. The largest absolute Gasteiger partial charge is 0.398 e. The van der Waals surface area contributed by atoms with Crippen LogP contribution in [0.2, 0.25) is 5.02 Å². The van der Waals surface area contributed by atoms with Crippen LogP contribution >= 0.6 is 11.6 Å². The van der Waals surface area contributed by atoms with E-state index in [1.54, 1.807) is 0 Å². The molecule has 0 bridgehead atoms. The van der Waals surface area contributed by atoms with Gasteiger partial charge in [0.15, 0.2) is 0 Å². The molecule has 1 aromatic carbocycles. The first-order valence-electron chi connectivity index (χ1n) is 5.96. The van der Waals surface area contributed by atoms with Crippen LogP contribution in [0.3, 0.4) is 0 Å². The molecule has 17 heavy (non-hydrogen) atoms. The van der Waals surface area contributed by atoms with Crippen LogP contribution in [0.15, 0.2) is 18.2 Å². The lowest BCUT2D eigenvalue weighted by molar-refractivity contribution is -0.0704. The molecule has 0 radical (unpaired) electrons. The number of anilines is 1.